The molecule has 3 rings (SSSR count). The maximum absolute atomic E-state index is 6.70. The van der Waals surface area contributed by atoms with E-state index >= 15 is 0 Å². The van der Waals surface area contributed by atoms with Crippen LogP contribution < -0.4 is 0 Å². The van der Waals surface area contributed by atoms with E-state index in [9.17, 15) is 0 Å². The summed E-state index contributed by atoms with van der Waals surface area (Å²) in [5.41, 5.74) is 0. The third-order valence-electron chi connectivity index (χ3n) is 4.77. The van der Waals surface area contributed by atoms with Crippen LogP contribution in [0.5, 0.6) is 0 Å². The maximum Gasteiger partial charge on any atom is 0.166 e. The van der Waals surface area contributed by atoms with Crippen molar-refractivity contribution in [2.75, 3.05) is 0 Å². The summed E-state index contributed by atoms with van der Waals surface area (Å²) in [7, 11) is 0. The molecule has 3 aliphatic carbocycles. The Morgan fingerprint density at radius 2 is 1.50 bits per heavy atom. The molecule has 0 spiro atoms. The van der Waals surface area contributed by atoms with E-state index in [0.717, 1.165) is 0 Å². The first kappa shape index (κ1) is 14.7. The lowest BCUT2D eigenvalue weighted by atomic mass is 9.81. The van der Waals surface area contributed by atoms with Crippen LogP contribution in [-0.2, 0) is 0 Å². The molecule has 3 unspecified atom stereocenters. The molecule has 0 aromatic carbocycles. The van der Waals surface area contributed by atoms with Gasteiger partial charge in [0, 0.05) is 5.38 Å². The van der Waals surface area contributed by atoms with E-state index in [4.69, 9.17) is 81.2 Å². The van der Waals surface area contributed by atoms with E-state index in [1.54, 1.807) is 0 Å². The quantitative estimate of drug-likeness (QED) is 0.466. The second-order valence-electron chi connectivity index (χ2n) is 5.37. The fourth-order valence-electron chi connectivity index (χ4n) is 3.86. The Kier molecular flexibility index (Phi) is 3.22. The average Bonchev–Trinajstić information content (AvgIpc) is 2.69. The Hall–Kier alpha value is 1.77. The summed E-state index contributed by atoms with van der Waals surface area (Å²) in [4.78, 5) is -2.29. The zero-order chi connectivity index (χ0) is 13.7. The lowest BCUT2D eigenvalue weighted by molar-refractivity contribution is 0.320. The molecule has 2 bridgehead atoms. The summed E-state index contributed by atoms with van der Waals surface area (Å²) < 4.78 is -1.42. The molecule has 6 atom stereocenters. The van der Waals surface area contributed by atoms with E-state index < -0.39 is 14.1 Å². The Bertz CT molecular complexity index is 458. The number of allylic oxidation sites excluding steroid dienone is 2. The van der Waals surface area contributed by atoms with Crippen LogP contribution in [0.3, 0.4) is 0 Å². The lowest BCUT2D eigenvalue weighted by Crippen LogP contribution is -2.46. The van der Waals surface area contributed by atoms with Crippen LogP contribution in [0.15, 0.2) is 10.1 Å². The minimum atomic E-state index is -1.42. The van der Waals surface area contributed by atoms with Crippen molar-refractivity contribution in [1.82, 2.24) is 0 Å². The van der Waals surface area contributed by atoms with Crippen molar-refractivity contribution in [1.29, 1.82) is 0 Å². The molecule has 0 aromatic rings. The highest BCUT2D eigenvalue weighted by Crippen LogP contribution is 2.79. The summed E-state index contributed by atoms with van der Waals surface area (Å²) >= 11 is 45.2. The topological polar surface area (TPSA) is 0 Å². The highest BCUT2D eigenvalue weighted by Gasteiger charge is 2.84. The summed E-state index contributed by atoms with van der Waals surface area (Å²) in [6.07, 6.45) is 0.687. The zero-order valence-corrected chi connectivity index (χ0v) is 14.5. The Morgan fingerprint density at radius 3 is 2.06 bits per heavy atom. The van der Waals surface area contributed by atoms with Gasteiger partial charge >= 0.3 is 0 Å². The smallest absolute Gasteiger partial charge is 0.123 e. The first-order valence-electron chi connectivity index (χ1n) is 5.57. The van der Waals surface area contributed by atoms with E-state index in [1.807, 2.05) is 6.92 Å². The first-order chi connectivity index (χ1) is 8.11. The van der Waals surface area contributed by atoms with Crippen molar-refractivity contribution in [3.8, 4) is 0 Å². The molecule has 3 aliphatic rings. The van der Waals surface area contributed by atoms with Gasteiger partial charge in [-0.05, 0) is 24.2 Å². The van der Waals surface area contributed by atoms with Gasteiger partial charge in [-0.25, -0.2) is 0 Å². The number of hydrogen-bond donors (Lipinski definition) is 0. The summed E-state index contributed by atoms with van der Waals surface area (Å²) in [5.74, 6) is 0.00789. The highest BCUT2D eigenvalue weighted by atomic mass is 35.5. The van der Waals surface area contributed by atoms with Crippen molar-refractivity contribution in [2.45, 2.75) is 32.8 Å². The molecule has 102 valence electrons. The summed E-state index contributed by atoms with van der Waals surface area (Å²) in [6.45, 7) is 2.02. The second kappa shape index (κ2) is 3.94. The molecule has 0 nitrogen and oxygen atoms in total. The van der Waals surface area contributed by atoms with E-state index in [-0.39, 0.29) is 33.2 Å². The van der Waals surface area contributed by atoms with Crippen molar-refractivity contribution in [2.24, 2.45) is 17.8 Å². The van der Waals surface area contributed by atoms with Crippen LogP contribution in [0.25, 0.3) is 0 Å². The highest BCUT2D eigenvalue weighted by molar-refractivity contribution is 6.65. The van der Waals surface area contributed by atoms with Gasteiger partial charge in [0.25, 0.3) is 0 Å². The van der Waals surface area contributed by atoms with Gasteiger partial charge in [-0.1, -0.05) is 53.3 Å². The summed E-state index contributed by atoms with van der Waals surface area (Å²) in [5, 5.41) is 0.516. The molecule has 0 saturated heterocycles. The van der Waals surface area contributed by atoms with Gasteiger partial charge < -0.3 is 0 Å². The Balaban J connectivity index is 2.26. The van der Waals surface area contributed by atoms with Gasteiger partial charge in [0.05, 0.1) is 10.1 Å². The molecule has 7 heteroatoms. The minimum Gasteiger partial charge on any atom is -0.123 e. The molecule has 0 aliphatic heterocycles. The minimum absolute atomic E-state index is 0.0206. The number of fused-ring (bicyclic) bond motifs is 5. The van der Waals surface area contributed by atoms with E-state index in [1.165, 1.54) is 0 Å². The molecule has 0 N–H and O–H groups in total. The standard InChI is InChI=1S/C11H9Cl7/c1-3-5(12)2-4-6(3)10(16)8(14)7(13)9(4,15)11(10,17)18/h3-6H,2H2,1H3/t3?,4-,5-,6?,9-,10?/m1/s1. The summed E-state index contributed by atoms with van der Waals surface area (Å²) in [6, 6.07) is 0. The van der Waals surface area contributed by atoms with Gasteiger partial charge in [-0.15, -0.1) is 34.8 Å². The van der Waals surface area contributed by atoms with Crippen LogP contribution in [0.4, 0.5) is 0 Å². The number of alkyl halides is 5. The van der Waals surface area contributed by atoms with Gasteiger partial charge in [-0.2, -0.15) is 0 Å². The molecule has 2 fully saturated rings. The number of rotatable bonds is 0. The molecule has 0 aromatic heterocycles. The molecular formula is C11H9Cl7. The van der Waals surface area contributed by atoms with Gasteiger partial charge in [0.15, 0.2) is 4.33 Å². The van der Waals surface area contributed by atoms with Crippen LogP contribution in [0.2, 0.25) is 0 Å². The van der Waals surface area contributed by atoms with E-state index in [0.29, 0.717) is 6.42 Å². The number of halogens is 7. The molecule has 0 amide bonds. The predicted molar refractivity (Wildman–Crippen MR) is 80.7 cm³/mol. The van der Waals surface area contributed by atoms with Gasteiger partial charge in [-0.3, -0.25) is 0 Å². The third-order valence-corrected chi connectivity index (χ3v) is 9.66. The Morgan fingerprint density at radius 1 is 1.00 bits per heavy atom. The molecule has 2 saturated carbocycles. The largest absolute Gasteiger partial charge is 0.166 e. The fourth-order valence-corrected chi connectivity index (χ4v) is 7.36. The van der Waals surface area contributed by atoms with Crippen LogP contribution >= 0.6 is 81.2 Å². The van der Waals surface area contributed by atoms with Crippen molar-refractivity contribution < 1.29 is 0 Å². The van der Waals surface area contributed by atoms with Crippen LogP contribution in [0, 0.1) is 17.8 Å². The van der Waals surface area contributed by atoms with E-state index in [2.05, 4.69) is 0 Å². The third kappa shape index (κ3) is 1.23. The molecular weight excluding hydrogens is 380 g/mol. The van der Waals surface area contributed by atoms with Crippen molar-refractivity contribution in [3.05, 3.63) is 10.1 Å². The first-order valence-corrected chi connectivity index (χ1v) is 8.28. The van der Waals surface area contributed by atoms with Crippen LogP contribution in [-0.4, -0.2) is 19.5 Å². The normalized spacial score (nSPS) is 57.3. The SMILES string of the molecule is CC1C2[C@@H](C[C@H]1Cl)[C@@]1(Cl)C(Cl)=C(Cl)C2(Cl)C1(Cl)Cl. The zero-order valence-electron chi connectivity index (χ0n) is 9.16. The van der Waals surface area contributed by atoms with Crippen LogP contribution in [0.1, 0.15) is 13.3 Å². The predicted octanol–water partition coefficient (Wildman–Crippen LogP) is 5.71. The maximum atomic E-state index is 6.70. The Labute approximate surface area is 141 Å². The molecule has 18 heavy (non-hydrogen) atoms. The van der Waals surface area contributed by atoms with Gasteiger partial charge in [0.1, 0.15) is 9.75 Å². The molecule has 0 heterocycles. The average molecular weight is 389 g/mol. The van der Waals surface area contributed by atoms with Gasteiger partial charge in [0.2, 0.25) is 0 Å². The number of hydrogen-bond acceptors (Lipinski definition) is 0. The van der Waals surface area contributed by atoms with Crippen molar-refractivity contribution >= 4 is 81.2 Å². The monoisotopic (exact) mass is 386 g/mol. The molecule has 0 radical (unpaired) electrons. The second-order valence-corrected chi connectivity index (χ2v) is 9.21. The van der Waals surface area contributed by atoms with Crippen molar-refractivity contribution in [3.63, 3.8) is 0 Å². The lowest BCUT2D eigenvalue weighted by Gasteiger charge is -2.36. The fraction of sp³-hybridized carbons (Fsp3) is 0.818.